The second-order valence-electron chi connectivity index (χ2n) is 5.41. The maximum absolute atomic E-state index is 12.1. The van der Waals surface area contributed by atoms with Crippen LogP contribution in [0.25, 0.3) is 0 Å². The largest absolute Gasteiger partial charge is 0.341 e. The first-order chi connectivity index (χ1) is 10.2. The summed E-state index contributed by atoms with van der Waals surface area (Å²) in [5.74, 6) is 0.675. The zero-order chi connectivity index (χ0) is 14.7. The molecule has 1 fully saturated rings. The molecule has 1 amide bonds. The third-order valence-electron chi connectivity index (χ3n) is 3.93. The summed E-state index contributed by atoms with van der Waals surface area (Å²) in [6, 6.07) is 11.8. The number of nitrogens with zero attached hydrogens (tertiary/aromatic N) is 2. The van der Waals surface area contributed by atoms with Gasteiger partial charge in [0.1, 0.15) is 0 Å². The van der Waals surface area contributed by atoms with Gasteiger partial charge in [0.2, 0.25) is 5.91 Å². The number of carbonyl (C=O) groups is 1. The van der Waals surface area contributed by atoms with Crippen LogP contribution >= 0.6 is 11.6 Å². The van der Waals surface area contributed by atoms with Crippen molar-refractivity contribution in [1.82, 2.24) is 9.88 Å². The lowest BCUT2D eigenvalue weighted by Gasteiger charge is -2.39. The molecule has 0 spiro atoms. The van der Waals surface area contributed by atoms with Crippen LogP contribution in [0.15, 0.2) is 48.8 Å². The Morgan fingerprint density at radius 3 is 2.67 bits per heavy atom. The topological polar surface area (TPSA) is 33.2 Å². The number of pyridine rings is 1. The van der Waals surface area contributed by atoms with Crippen molar-refractivity contribution >= 4 is 17.5 Å². The average molecular weight is 301 g/mol. The number of rotatable bonds is 4. The van der Waals surface area contributed by atoms with E-state index in [1.807, 2.05) is 47.5 Å². The Morgan fingerprint density at radius 1 is 1.24 bits per heavy atom. The first-order valence-electron chi connectivity index (χ1n) is 7.14. The average Bonchev–Trinajstić information content (AvgIpc) is 2.47. The van der Waals surface area contributed by atoms with Crippen molar-refractivity contribution in [1.29, 1.82) is 0 Å². The summed E-state index contributed by atoms with van der Waals surface area (Å²) in [5, 5.41) is 0.752. The van der Waals surface area contributed by atoms with Gasteiger partial charge in [-0.25, -0.2) is 0 Å². The number of carbonyl (C=O) groups excluding carboxylic acids is 1. The molecule has 1 aliphatic rings. The van der Waals surface area contributed by atoms with Gasteiger partial charge in [0.05, 0.1) is 0 Å². The van der Waals surface area contributed by atoms with Gasteiger partial charge < -0.3 is 4.90 Å². The molecule has 0 atom stereocenters. The maximum Gasteiger partial charge on any atom is 0.222 e. The third kappa shape index (κ3) is 3.42. The van der Waals surface area contributed by atoms with Crippen LogP contribution in [0.2, 0.25) is 5.02 Å². The maximum atomic E-state index is 12.1. The monoisotopic (exact) mass is 300 g/mol. The summed E-state index contributed by atoms with van der Waals surface area (Å²) in [6.07, 6.45) is 4.88. The Morgan fingerprint density at radius 2 is 2.00 bits per heavy atom. The van der Waals surface area contributed by atoms with E-state index in [1.54, 1.807) is 6.20 Å². The Balaban J connectivity index is 1.47. The minimum atomic E-state index is 0.226. The summed E-state index contributed by atoms with van der Waals surface area (Å²) in [7, 11) is 0. The van der Waals surface area contributed by atoms with Gasteiger partial charge in [-0.2, -0.15) is 0 Å². The van der Waals surface area contributed by atoms with Gasteiger partial charge >= 0.3 is 0 Å². The molecule has 108 valence electrons. The molecule has 0 saturated carbocycles. The van der Waals surface area contributed by atoms with Crippen molar-refractivity contribution in [2.45, 2.75) is 18.8 Å². The molecule has 0 bridgehead atoms. The SMILES string of the molecule is O=C(CCc1cccnc1)N1CC(c2ccc(Cl)cc2)C1. The highest BCUT2D eigenvalue weighted by atomic mass is 35.5. The smallest absolute Gasteiger partial charge is 0.222 e. The highest BCUT2D eigenvalue weighted by molar-refractivity contribution is 6.30. The van der Waals surface area contributed by atoms with Gasteiger partial charge in [-0.3, -0.25) is 9.78 Å². The molecule has 1 saturated heterocycles. The van der Waals surface area contributed by atoms with Crippen molar-refractivity contribution < 1.29 is 4.79 Å². The highest BCUT2D eigenvalue weighted by Crippen LogP contribution is 2.28. The molecule has 0 radical (unpaired) electrons. The van der Waals surface area contributed by atoms with Crippen LogP contribution in [0, 0.1) is 0 Å². The number of aromatic nitrogens is 1. The molecular formula is C17H17ClN2O. The van der Waals surface area contributed by atoms with E-state index in [0.29, 0.717) is 12.3 Å². The Hall–Kier alpha value is -1.87. The fraction of sp³-hybridized carbons (Fsp3) is 0.294. The summed E-state index contributed by atoms with van der Waals surface area (Å²) >= 11 is 5.89. The second kappa shape index (κ2) is 6.27. The molecule has 0 aliphatic carbocycles. The quantitative estimate of drug-likeness (QED) is 0.868. The van der Waals surface area contributed by atoms with Gasteiger partial charge in [-0.1, -0.05) is 29.8 Å². The predicted molar refractivity (Wildman–Crippen MR) is 83.3 cm³/mol. The Bertz CT molecular complexity index is 606. The molecule has 4 heteroatoms. The van der Waals surface area contributed by atoms with Crippen LogP contribution in [0.4, 0.5) is 0 Å². The number of amides is 1. The molecule has 1 aromatic heterocycles. The summed E-state index contributed by atoms with van der Waals surface area (Å²) in [4.78, 5) is 18.1. The van der Waals surface area contributed by atoms with Crippen molar-refractivity contribution in [2.75, 3.05) is 13.1 Å². The molecule has 2 heterocycles. The van der Waals surface area contributed by atoms with Crippen molar-refractivity contribution in [3.8, 4) is 0 Å². The van der Waals surface area contributed by atoms with E-state index in [-0.39, 0.29) is 5.91 Å². The number of hydrogen-bond acceptors (Lipinski definition) is 2. The minimum absolute atomic E-state index is 0.226. The Kier molecular flexibility index (Phi) is 4.20. The molecular weight excluding hydrogens is 284 g/mol. The van der Waals surface area contributed by atoms with Crippen molar-refractivity contribution in [3.63, 3.8) is 0 Å². The van der Waals surface area contributed by atoms with Gasteiger partial charge in [0, 0.05) is 42.8 Å². The van der Waals surface area contributed by atoms with E-state index in [2.05, 4.69) is 4.98 Å². The third-order valence-corrected chi connectivity index (χ3v) is 4.18. The molecule has 0 N–H and O–H groups in total. The normalized spacial score (nSPS) is 14.8. The zero-order valence-electron chi connectivity index (χ0n) is 11.7. The number of hydrogen-bond donors (Lipinski definition) is 0. The van der Waals surface area contributed by atoms with Gasteiger partial charge in [0.25, 0.3) is 0 Å². The molecule has 1 aromatic carbocycles. The molecule has 1 aliphatic heterocycles. The van der Waals surface area contributed by atoms with Gasteiger partial charge in [-0.15, -0.1) is 0 Å². The molecule has 0 unspecified atom stereocenters. The van der Waals surface area contributed by atoms with Crippen molar-refractivity contribution in [3.05, 3.63) is 64.9 Å². The summed E-state index contributed by atoms with van der Waals surface area (Å²) < 4.78 is 0. The summed E-state index contributed by atoms with van der Waals surface area (Å²) in [5.41, 5.74) is 2.37. The van der Waals surface area contributed by atoms with E-state index < -0.39 is 0 Å². The van der Waals surface area contributed by atoms with E-state index in [1.165, 1.54) is 5.56 Å². The second-order valence-corrected chi connectivity index (χ2v) is 5.84. The first kappa shape index (κ1) is 14.1. The lowest BCUT2D eigenvalue weighted by molar-refractivity contribution is -0.135. The van der Waals surface area contributed by atoms with Gasteiger partial charge in [-0.05, 0) is 35.7 Å². The summed E-state index contributed by atoms with van der Waals surface area (Å²) in [6.45, 7) is 1.63. The molecule has 3 nitrogen and oxygen atoms in total. The molecule has 3 rings (SSSR count). The van der Waals surface area contributed by atoms with Crippen LogP contribution in [-0.2, 0) is 11.2 Å². The van der Waals surface area contributed by atoms with E-state index in [0.717, 1.165) is 30.1 Å². The first-order valence-corrected chi connectivity index (χ1v) is 7.52. The van der Waals surface area contributed by atoms with E-state index in [9.17, 15) is 4.79 Å². The van der Waals surface area contributed by atoms with E-state index in [4.69, 9.17) is 11.6 Å². The Labute approximate surface area is 129 Å². The fourth-order valence-corrected chi connectivity index (χ4v) is 2.71. The number of aryl methyl sites for hydroxylation is 1. The lowest BCUT2D eigenvalue weighted by atomic mass is 9.91. The van der Waals surface area contributed by atoms with Gasteiger partial charge in [0.15, 0.2) is 0 Å². The van der Waals surface area contributed by atoms with E-state index >= 15 is 0 Å². The van der Waals surface area contributed by atoms with Crippen molar-refractivity contribution in [2.24, 2.45) is 0 Å². The predicted octanol–water partition coefficient (Wildman–Crippen LogP) is 3.29. The fourth-order valence-electron chi connectivity index (χ4n) is 2.58. The standard InChI is InChI=1S/C17H17ClN2O/c18-16-6-4-14(5-7-16)15-11-20(12-15)17(21)8-3-13-2-1-9-19-10-13/h1-2,4-7,9-10,15H,3,8,11-12H2. The van der Waals surface area contributed by atoms with Crippen LogP contribution in [0.1, 0.15) is 23.5 Å². The molecule has 21 heavy (non-hydrogen) atoms. The minimum Gasteiger partial charge on any atom is -0.341 e. The highest BCUT2D eigenvalue weighted by Gasteiger charge is 2.31. The number of benzene rings is 1. The molecule has 2 aromatic rings. The lowest BCUT2D eigenvalue weighted by Crippen LogP contribution is -2.48. The number of likely N-dealkylation sites (tertiary alicyclic amines) is 1. The van der Waals surface area contributed by atoms with Crippen LogP contribution in [-0.4, -0.2) is 28.9 Å². The van der Waals surface area contributed by atoms with Crippen LogP contribution in [0.5, 0.6) is 0 Å². The van der Waals surface area contributed by atoms with Crippen LogP contribution < -0.4 is 0 Å². The van der Waals surface area contributed by atoms with Crippen LogP contribution in [0.3, 0.4) is 0 Å². The zero-order valence-corrected chi connectivity index (χ0v) is 12.5. The number of halogens is 1.